The Balaban J connectivity index is 1.65. The number of nitrogens with one attached hydrogen (secondary N) is 2. The van der Waals surface area contributed by atoms with E-state index in [-0.39, 0.29) is 12.5 Å². The Bertz CT molecular complexity index is 445. The number of piperazine rings is 1. The lowest BCUT2D eigenvalue weighted by Gasteiger charge is -2.27. The average Bonchev–Trinajstić information content (AvgIpc) is 2.54. The smallest absolute Gasteiger partial charge is 0.257 e. The van der Waals surface area contributed by atoms with Gasteiger partial charge in [-0.1, -0.05) is 25.1 Å². The topological polar surface area (TPSA) is 53.6 Å². The number of carbonyl (C=O) groups is 1. The molecule has 1 aliphatic heterocycles. The van der Waals surface area contributed by atoms with E-state index >= 15 is 0 Å². The molecule has 1 heterocycles. The van der Waals surface area contributed by atoms with Gasteiger partial charge < -0.3 is 15.4 Å². The second-order valence-corrected chi connectivity index (χ2v) is 5.19. The molecule has 1 amide bonds. The van der Waals surface area contributed by atoms with Crippen molar-refractivity contribution in [3.05, 3.63) is 29.8 Å². The molecular formula is C16H25N3O2. The highest BCUT2D eigenvalue weighted by molar-refractivity contribution is 5.77. The van der Waals surface area contributed by atoms with Gasteiger partial charge in [-0.2, -0.15) is 0 Å². The average molecular weight is 291 g/mol. The third kappa shape index (κ3) is 5.36. The summed E-state index contributed by atoms with van der Waals surface area (Å²) in [5.74, 6) is 0.744. The first-order chi connectivity index (χ1) is 10.3. The lowest BCUT2D eigenvalue weighted by molar-refractivity contribution is -0.123. The van der Waals surface area contributed by atoms with E-state index in [0.29, 0.717) is 6.54 Å². The molecule has 0 atom stereocenters. The van der Waals surface area contributed by atoms with E-state index in [1.807, 2.05) is 24.3 Å². The zero-order valence-corrected chi connectivity index (χ0v) is 12.7. The zero-order chi connectivity index (χ0) is 14.9. The first kappa shape index (κ1) is 15.8. The Labute approximate surface area is 126 Å². The van der Waals surface area contributed by atoms with Gasteiger partial charge >= 0.3 is 0 Å². The molecule has 21 heavy (non-hydrogen) atoms. The SMILES string of the molecule is CCc1ccccc1OCC(=O)NCCN1CCNCC1. The van der Waals surface area contributed by atoms with Gasteiger partial charge in [0.2, 0.25) is 0 Å². The van der Waals surface area contributed by atoms with Crippen molar-refractivity contribution in [1.29, 1.82) is 0 Å². The van der Waals surface area contributed by atoms with Crippen LogP contribution in [0, 0.1) is 0 Å². The van der Waals surface area contributed by atoms with Crippen LogP contribution in [0.4, 0.5) is 0 Å². The molecule has 0 saturated carbocycles. The maximum absolute atomic E-state index is 11.8. The largest absolute Gasteiger partial charge is 0.483 e. The summed E-state index contributed by atoms with van der Waals surface area (Å²) in [6.45, 7) is 7.91. The van der Waals surface area contributed by atoms with E-state index in [1.165, 1.54) is 0 Å². The van der Waals surface area contributed by atoms with Crippen LogP contribution in [0.1, 0.15) is 12.5 Å². The standard InChI is InChI=1S/C16H25N3O2/c1-2-14-5-3-4-6-15(14)21-13-16(20)18-9-12-19-10-7-17-8-11-19/h3-6,17H,2,7-13H2,1H3,(H,18,20). The highest BCUT2D eigenvalue weighted by atomic mass is 16.5. The lowest BCUT2D eigenvalue weighted by Crippen LogP contribution is -2.46. The van der Waals surface area contributed by atoms with Crippen LogP contribution in [-0.4, -0.2) is 56.7 Å². The van der Waals surface area contributed by atoms with Crippen LogP contribution in [0.5, 0.6) is 5.75 Å². The normalized spacial score (nSPS) is 15.7. The summed E-state index contributed by atoms with van der Waals surface area (Å²) in [7, 11) is 0. The Morgan fingerprint density at radius 2 is 2.10 bits per heavy atom. The molecule has 5 heteroatoms. The summed E-state index contributed by atoms with van der Waals surface area (Å²) >= 11 is 0. The van der Waals surface area contributed by atoms with Crippen LogP contribution < -0.4 is 15.4 Å². The van der Waals surface area contributed by atoms with Crippen LogP contribution in [0.25, 0.3) is 0 Å². The number of amides is 1. The summed E-state index contributed by atoms with van der Waals surface area (Å²) in [5.41, 5.74) is 1.13. The molecule has 1 saturated heterocycles. The Hall–Kier alpha value is -1.59. The molecular weight excluding hydrogens is 266 g/mol. The number of aryl methyl sites for hydroxylation is 1. The maximum Gasteiger partial charge on any atom is 0.257 e. The predicted molar refractivity (Wildman–Crippen MR) is 83.6 cm³/mol. The van der Waals surface area contributed by atoms with Crippen molar-refractivity contribution in [3.63, 3.8) is 0 Å². The maximum atomic E-state index is 11.8. The van der Waals surface area contributed by atoms with Gasteiger partial charge in [0.1, 0.15) is 5.75 Å². The molecule has 2 N–H and O–H groups in total. The number of carbonyl (C=O) groups excluding carboxylic acids is 1. The van der Waals surface area contributed by atoms with Crippen molar-refractivity contribution in [2.75, 3.05) is 45.9 Å². The van der Waals surface area contributed by atoms with Crippen LogP contribution >= 0.6 is 0 Å². The molecule has 1 aliphatic rings. The molecule has 0 aliphatic carbocycles. The van der Waals surface area contributed by atoms with Crippen molar-refractivity contribution in [3.8, 4) is 5.75 Å². The monoisotopic (exact) mass is 291 g/mol. The van der Waals surface area contributed by atoms with Gasteiger partial charge in [-0.25, -0.2) is 0 Å². The van der Waals surface area contributed by atoms with Crippen LogP contribution in [-0.2, 0) is 11.2 Å². The summed E-state index contributed by atoms with van der Waals surface area (Å²) in [4.78, 5) is 14.1. The van der Waals surface area contributed by atoms with Gasteiger partial charge in [0.15, 0.2) is 6.61 Å². The van der Waals surface area contributed by atoms with E-state index in [9.17, 15) is 4.79 Å². The number of rotatable bonds is 7. The van der Waals surface area contributed by atoms with E-state index in [2.05, 4.69) is 22.5 Å². The number of nitrogens with zero attached hydrogens (tertiary/aromatic N) is 1. The molecule has 0 bridgehead atoms. The molecule has 1 aromatic carbocycles. The molecule has 0 spiro atoms. The van der Waals surface area contributed by atoms with Crippen LogP contribution in [0.2, 0.25) is 0 Å². The molecule has 0 unspecified atom stereocenters. The van der Waals surface area contributed by atoms with Crippen LogP contribution in [0.15, 0.2) is 24.3 Å². The Morgan fingerprint density at radius 1 is 1.33 bits per heavy atom. The molecule has 0 radical (unpaired) electrons. The minimum atomic E-state index is -0.0592. The number of ether oxygens (including phenoxy) is 1. The Kier molecular flexibility index (Phi) is 6.50. The number of hydrogen-bond donors (Lipinski definition) is 2. The third-order valence-corrected chi connectivity index (χ3v) is 3.67. The van der Waals surface area contributed by atoms with Crippen molar-refractivity contribution < 1.29 is 9.53 Å². The van der Waals surface area contributed by atoms with E-state index in [0.717, 1.165) is 50.5 Å². The van der Waals surface area contributed by atoms with Gasteiger partial charge in [-0.05, 0) is 18.1 Å². The van der Waals surface area contributed by atoms with Crippen molar-refractivity contribution in [2.45, 2.75) is 13.3 Å². The first-order valence-corrected chi connectivity index (χ1v) is 7.70. The van der Waals surface area contributed by atoms with E-state index in [1.54, 1.807) is 0 Å². The third-order valence-electron chi connectivity index (χ3n) is 3.67. The fourth-order valence-electron chi connectivity index (χ4n) is 2.42. The van der Waals surface area contributed by atoms with Crippen molar-refractivity contribution >= 4 is 5.91 Å². The lowest BCUT2D eigenvalue weighted by atomic mass is 10.1. The molecule has 5 nitrogen and oxygen atoms in total. The van der Waals surface area contributed by atoms with E-state index in [4.69, 9.17) is 4.74 Å². The van der Waals surface area contributed by atoms with Gasteiger partial charge in [-0.3, -0.25) is 9.69 Å². The first-order valence-electron chi connectivity index (χ1n) is 7.70. The Morgan fingerprint density at radius 3 is 2.86 bits per heavy atom. The highest BCUT2D eigenvalue weighted by Gasteiger charge is 2.10. The summed E-state index contributed by atoms with van der Waals surface area (Å²) in [5, 5.41) is 6.23. The fourth-order valence-corrected chi connectivity index (χ4v) is 2.42. The minimum Gasteiger partial charge on any atom is -0.483 e. The van der Waals surface area contributed by atoms with Crippen molar-refractivity contribution in [2.24, 2.45) is 0 Å². The zero-order valence-electron chi connectivity index (χ0n) is 12.7. The molecule has 116 valence electrons. The summed E-state index contributed by atoms with van der Waals surface area (Å²) in [6, 6.07) is 7.85. The highest BCUT2D eigenvalue weighted by Crippen LogP contribution is 2.17. The van der Waals surface area contributed by atoms with Gasteiger partial charge in [0, 0.05) is 39.3 Å². The van der Waals surface area contributed by atoms with Gasteiger partial charge in [0.05, 0.1) is 0 Å². The summed E-state index contributed by atoms with van der Waals surface area (Å²) < 4.78 is 5.60. The number of benzene rings is 1. The van der Waals surface area contributed by atoms with Crippen LogP contribution in [0.3, 0.4) is 0 Å². The van der Waals surface area contributed by atoms with Gasteiger partial charge in [-0.15, -0.1) is 0 Å². The van der Waals surface area contributed by atoms with E-state index < -0.39 is 0 Å². The second-order valence-electron chi connectivity index (χ2n) is 5.19. The minimum absolute atomic E-state index is 0.0592. The second kappa shape index (κ2) is 8.64. The quantitative estimate of drug-likeness (QED) is 0.774. The molecule has 1 aromatic rings. The number of hydrogen-bond acceptors (Lipinski definition) is 4. The van der Waals surface area contributed by atoms with Gasteiger partial charge in [0.25, 0.3) is 5.91 Å². The molecule has 1 fully saturated rings. The molecule has 2 rings (SSSR count). The predicted octanol–water partition coefficient (Wildman–Crippen LogP) is 0.649. The number of para-hydroxylation sites is 1. The molecule has 0 aromatic heterocycles. The fraction of sp³-hybridized carbons (Fsp3) is 0.562. The van der Waals surface area contributed by atoms with Crippen molar-refractivity contribution in [1.82, 2.24) is 15.5 Å². The summed E-state index contributed by atoms with van der Waals surface area (Å²) in [6.07, 6.45) is 0.904.